The van der Waals surface area contributed by atoms with Gasteiger partial charge in [0.2, 0.25) is 0 Å². The lowest BCUT2D eigenvalue weighted by molar-refractivity contribution is 0.509. The zero-order chi connectivity index (χ0) is 13.1. The fraction of sp³-hybridized carbons (Fsp3) is 0. The molecular formula is C12H6ClF2N3. The highest BCUT2D eigenvalue weighted by Gasteiger charge is 2.05. The minimum atomic E-state index is -0.970. The van der Waals surface area contributed by atoms with Gasteiger partial charge in [0, 0.05) is 11.8 Å². The number of benzene rings is 1. The molecule has 1 N–H and O–H groups in total. The molecule has 0 radical (unpaired) electrons. The number of nitriles is 1. The highest BCUT2D eigenvalue weighted by molar-refractivity contribution is 6.29. The smallest absolute Gasteiger partial charge is 0.160 e. The minimum absolute atomic E-state index is 0.138. The zero-order valence-corrected chi connectivity index (χ0v) is 9.67. The summed E-state index contributed by atoms with van der Waals surface area (Å²) in [6.07, 6.45) is 0. The van der Waals surface area contributed by atoms with Gasteiger partial charge < -0.3 is 5.32 Å². The highest BCUT2D eigenvalue weighted by atomic mass is 35.5. The largest absolute Gasteiger partial charge is 0.340 e. The molecule has 0 unspecified atom stereocenters. The van der Waals surface area contributed by atoms with Crippen LogP contribution in [-0.2, 0) is 0 Å². The second kappa shape index (κ2) is 4.98. The molecule has 0 atom stereocenters. The molecule has 0 aliphatic carbocycles. The normalized spacial score (nSPS) is 9.89. The molecule has 0 fully saturated rings. The molecule has 0 amide bonds. The first-order valence-electron chi connectivity index (χ1n) is 4.88. The standard InChI is InChI=1S/C12H6ClF2N3/c13-11-3-7(6-16)4-12(18-11)17-8-1-2-9(14)10(15)5-8/h1-5H,(H,17,18). The van der Waals surface area contributed by atoms with Gasteiger partial charge in [-0.05, 0) is 24.3 Å². The van der Waals surface area contributed by atoms with Crippen molar-refractivity contribution >= 4 is 23.1 Å². The third-order valence-corrected chi connectivity index (χ3v) is 2.31. The summed E-state index contributed by atoms with van der Waals surface area (Å²) in [4.78, 5) is 3.92. The molecule has 2 rings (SSSR count). The van der Waals surface area contributed by atoms with Crippen molar-refractivity contribution in [2.24, 2.45) is 0 Å². The van der Waals surface area contributed by atoms with Gasteiger partial charge in [0.05, 0.1) is 11.6 Å². The quantitative estimate of drug-likeness (QED) is 0.844. The van der Waals surface area contributed by atoms with Crippen molar-refractivity contribution < 1.29 is 8.78 Å². The number of halogens is 3. The van der Waals surface area contributed by atoms with E-state index in [4.69, 9.17) is 16.9 Å². The van der Waals surface area contributed by atoms with Gasteiger partial charge in [0.1, 0.15) is 11.0 Å². The lowest BCUT2D eigenvalue weighted by atomic mass is 10.2. The summed E-state index contributed by atoms with van der Waals surface area (Å²) in [6, 6.07) is 8.11. The Morgan fingerprint density at radius 3 is 2.61 bits per heavy atom. The highest BCUT2D eigenvalue weighted by Crippen LogP contribution is 2.20. The van der Waals surface area contributed by atoms with Gasteiger partial charge in [0.25, 0.3) is 0 Å². The lowest BCUT2D eigenvalue weighted by Gasteiger charge is -2.06. The van der Waals surface area contributed by atoms with E-state index in [9.17, 15) is 8.78 Å². The predicted molar refractivity (Wildman–Crippen MR) is 63.6 cm³/mol. The molecule has 0 aliphatic heterocycles. The summed E-state index contributed by atoms with van der Waals surface area (Å²) in [7, 11) is 0. The second-order valence-electron chi connectivity index (χ2n) is 3.43. The van der Waals surface area contributed by atoms with Gasteiger partial charge in [-0.1, -0.05) is 11.6 Å². The van der Waals surface area contributed by atoms with Crippen LogP contribution >= 0.6 is 11.6 Å². The van der Waals surface area contributed by atoms with Crippen LogP contribution in [0.2, 0.25) is 5.15 Å². The topological polar surface area (TPSA) is 48.7 Å². The number of aromatic nitrogens is 1. The van der Waals surface area contributed by atoms with E-state index in [1.807, 2.05) is 6.07 Å². The molecule has 1 aromatic heterocycles. The number of nitrogens with one attached hydrogen (secondary N) is 1. The molecule has 0 saturated carbocycles. The Morgan fingerprint density at radius 1 is 1.17 bits per heavy atom. The van der Waals surface area contributed by atoms with Gasteiger partial charge in [-0.2, -0.15) is 5.26 Å². The van der Waals surface area contributed by atoms with Crippen molar-refractivity contribution in [2.75, 3.05) is 5.32 Å². The number of pyridine rings is 1. The number of nitrogens with zero attached hydrogens (tertiary/aromatic N) is 2. The first-order valence-corrected chi connectivity index (χ1v) is 5.26. The first-order chi connectivity index (χ1) is 8.58. The van der Waals surface area contributed by atoms with E-state index in [-0.39, 0.29) is 11.0 Å². The Balaban J connectivity index is 2.31. The maximum Gasteiger partial charge on any atom is 0.160 e. The molecule has 0 saturated heterocycles. The maximum absolute atomic E-state index is 13.0. The Labute approximate surface area is 107 Å². The van der Waals surface area contributed by atoms with Crippen LogP contribution in [0, 0.1) is 23.0 Å². The van der Waals surface area contributed by atoms with Gasteiger partial charge in [0.15, 0.2) is 11.6 Å². The van der Waals surface area contributed by atoms with E-state index in [2.05, 4.69) is 10.3 Å². The van der Waals surface area contributed by atoms with Crippen LogP contribution < -0.4 is 5.32 Å². The van der Waals surface area contributed by atoms with Crippen LogP contribution in [0.5, 0.6) is 0 Å². The Bertz CT molecular complexity index is 638. The van der Waals surface area contributed by atoms with E-state index in [1.54, 1.807) is 0 Å². The van der Waals surface area contributed by atoms with Crippen LogP contribution in [0.15, 0.2) is 30.3 Å². The fourth-order valence-corrected chi connectivity index (χ4v) is 1.56. The summed E-state index contributed by atoms with van der Waals surface area (Å²) in [5, 5.41) is 11.6. The zero-order valence-electron chi connectivity index (χ0n) is 8.92. The van der Waals surface area contributed by atoms with Crippen LogP contribution in [0.4, 0.5) is 20.3 Å². The molecule has 90 valence electrons. The van der Waals surface area contributed by atoms with Gasteiger partial charge in [-0.25, -0.2) is 13.8 Å². The molecule has 1 aromatic carbocycles. The lowest BCUT2D eigenvalue weighted by Crippen LogP contribution is -1.96. The SMILES string of the molecule is N#Cc1cc(Cl)nc(Nc2ccc(F)c(F)c2)c1. The molecular weight excluding hydrogens is 260 g/mol. The van der Waals surface area contributed by atoms with Crippen LogP contribution in [-0.4, -0.2) is 4.98 Å². The van der Waals surface area contributed by atoms with E-state index in [1.165, 1.54) is 18.2 Å². The molecule has 0 spiro atoms. The first kappa shape index (κ1) is 12.3. The average Bonchev–Trinajstić information content (AvgIpc) is 2.33. The third-order valence-electron chi connectivity index (χ3n) is 2.12. The van der Waals surface area contributed by atoms with Crippen molar-refractivity contribution in [3.05, 3.63) is 52.7 Å². The Hall–Kier alpha value is -2.19. The third kappa shape index (κ3) is 2.73. The van der Waals surface area contributed by atoms with Crippen LogP contribution in [0.3, 0.4) is 0 Å². The molecule has 0 bridgehead atoms. The number of anilines is 2. The Morgan fingerprint density at radius 2 is 1.94 bits per heavy atom. The maximum atomic E-state index is 13.0. The van der Waals surface area contributed by atoms with E-state index in [0.29, 0.717) is 11.3 Å². The van der Waals surface area contributed by atoms with Gasteiger partial charge >= 0.3 is 0 Å². The summed E-state index contributed by atoms with van der Waals surface area (Å²) < 4.78 is 25.7. The molecule has 0 aliphatic rings. The summed E-state index contributed by atoms with van der Waals surface area (Å²) >= 11 is 5.72. The van der Waals surface area contributed by atoms with Gasteiger partial charge in [-0.3, -0.25) is 0 Å². The predicted octanol–water partition coefficient (Wildman–Crippen LogP) is 3.63. The fourth-order valence-electron chi connectivity index (χ4n) is 1.35. The summed E-state index contributed by atoms with van der Waals surface area (Å²) in [5.74, 6) is -1.62. The van der Waals surface area contributed by atoms with Crippen molar-refractivity contribution in [3.8, 4) is 6.07 Å². The van der Waals surface area contributed by atoms with Crippen molar-refractivity contribution in [1.82, 2.24) is 4.98 Å². The summed E-state index contributed by atoms with van der Waals surface area (Å²) in [6.45, 7) is 0. The van der Waals surface area contributed by atoms with Crippen LogP contribution in [0.1, 0.15) is 5.56 Å². The molecule has 18 heavy (non-hydrogen) atoms. The monoisotopic (exact) mass is 265 g/mol. The number of hydrogen-bond acceptors (Lipinski definition) is 3. The molecule has 6 heteroatoms. The van der Waals surface area contributed by atoms with Crippen molar-refractivity contribution in [3.63, 3.8) is 0 Å². The number of rotatable bonds is 2. The van der Waals surface area contributed by atoms with Crippen LogP contribution in [0.25, 0.3) is 0 Å². The van der Waals surface area contributed by atoms with E-state index < -0.39 is 11.6 Å². The Kier molecular flexibility index (Phi) is 3.40. The van der Waals surface area contributed by atoms with Crippen molar-refractivity contribution in [2.45, 2.75) is 0 Å². The van der Waals surface area contributed by atoms with E-state index >= 15 is 0 Å². The summed E-state index contributed by atoms with van der Waals surface area (Å²) in [5.41, 5.74) is 0.632. The average molecular weight is 266 g/mol. The molecule has 1 heterocycles. The molecule has 2 aromatic rings. The second-order valence-corrected chi connectivity index (χ2v) is 3.82. The minimum Gasteiger partial charge on any atom is -0.340 e. The number of hydrogen-bond donors (Lipinski definition) is 1. The van der Waals surface area contributed by atoms with E-state index in [0.717, 1.165) is 12.1 Å². The van der Waals surface area contributed by atoms with Crippen molar-refractivity contribution in [1.29, 1.82) is 5.26 Å². The van der Waals surface area contributed by atoms with Gasteiger partial charge in [-0.15, -0.1) is 0 Å². The molecule has 3 nitrogen and oxygen atoms in total.